The topological polar surface area (TPSA) is 58.6 Å². The van der Waals surface area contributed by atoms with E-state index in [0.717, 1.165) is 30.7 Å². The van der Waals surface area contributed by atoms with Crippen LogP contribution < -0.4 is 10.1 Å². The fraction of sp³-hybridized carbons (Fsp3) is 0.526. The standard InChI is InChI=1S/C19H27NO3/c1-3-4-5-14-6-9-16(10-7-14)20-19(22)13-15-8-11-17(21)18(12-15)23-2/h3-4,8,11-12,14,16,21H,5-7,9-10,13H2,1-2H3,(H,20,22)/b4-3-/t14-,16-. The van der Waals surface area contributed by atoms with E-state index in [1.807, 2.05) is 0 Å². The van der Waals surface area contributed by atoms with Gasteiger partial charge in [0.05, 0.1) is 13.5 Å². The molecule has 1 fully saturated rings. The maximum Gasteiger partial charge on any atom is 0.224 e. The van der Waals surface area contributed by atoms with Crippen LogP contribution in [0.25, 0.3) is 0 Å². The molecule has 0 heterocycles. The maximum atomic E-state index is 12.2. The molecule has 0 unspecified atom stereocenters. The van der Waals surface area contributed by atoms with Crippen LogP contribution in [0.3, 0.4) is 0 Å². The second-order valence-electron chi connectivity index (χ2n) is 6.27. The van der Waals surface area contributed by atoms with Gasteiger partial charge in [-0.05, 0) is 62.6 Å². The van der Waals surface area contributed by atoms with Crippen molar-refractivity contribution in [1.29, 1.82) is 0 Å². The monoisotopic (exact) mass is 317 g/mol. The van der Waals surface area contributed by atoms with Gasteiger partial charge in [0.2, 0.25) is 5.91 Å². The number of carbonyl (C=O) groups is 1. The molecular formula is C19H27NO3. The van der Waals surface area contributed by atoms with Gasteiger partial charge in [0.25, 0.3) is 0 Å². The highest BCUT2D eigenvalue weighted by molar-refractivity contribution is 5.79. The fourth-order valence-electron chi connectivity index (χ4n) is 3.17. The molecule has 0 radical (unpaired) electrons. The molecule has 1 aromatic rings. The molecule has 126 valence electrons. The Balaban J connectivity index is 1.79. The first-order valence-corrected chi connectivity index (χ1v) is 8.38. The summed E-state index contributed by atoms with van der Waals surface area (Å²) in [5.41, 5.74) is 0.846. The number of aromatic hydroxyl groups is 1. The third-order valence-electron chi connectivity index (χ3n) is 4.53. The first-order valence-electron chi connectivity index (χ1n) is 8.38. The van der Waals surface area contributed by atoms with Crippen molar-refractivity contribution < 1.29 is 14.6 Å². The van der Waals surface area contributed by atoms with Crippen molar-refractivity contribution in [2.75, 3.05) is 7.11 Å². The summed E-state index contributed by atoms with van der Waals surface area (Å²) in [6, 6.07) is 5.32. The van der Waals surface area contributed by atoms with Crippen molar-refractivity contribution >= 4 is 5.91 Å². The van der Waals surface area contributed by atoms with Gasteiger partial charge >= 0.3 is 0 Å². The van der Waals surface area contributed by atoms with E-state index in [-0.39, 0.29) is 11.7 Å². The van der Waals surface area contributed by atoms with E-state index in [2.05, 4.69) is 24.4 Å². The number of ether oxygens (including phenoxy) is 1. The average molecular weight is 317 g/mol. The molecule has 4 nitrogen and oxygen atoms in total. The lowest BCUT2D eigenvalue weighted by Gasteiger charge is -2.28. The number of amides is 1. The molecule has 4 heteroatoms. The number of benzene rings is 1. The second-order valence-corrected chi connectivity index (χ2v) is 6.27. The van der Waals surface area contributed by atoms with Crippen molar-refractivity contribution in [3.63, 3.8) is 0 Å². The summed E-state index contributed by atoms with van der Waals surface area (Å²) in [6.45, 7) is 2.06. The van der Waals surface area contributed by atoms with Crippen LogP contribution in [0.1, 0.15) is 44.6 Å². The van der Waals surface area contributed by atoms with Gasteiger partial charge in [-0.2, -0.15) is 0 Å². The summed E-state index contributed by atoms with van der Waals surface area (Å²) in [5, 5.41) is 12.7. The van der Waals surface area contributed by atoms with Crippen LogP contribution in [0.5, 0.6) is 11.5 Å². The lowest BCUT2D eigenvalue weighted by molar-refractivity contribution is -0.121. The number of nitrogens with one attached hydrogen (secondary N) is 1. The smallest absolute Gasteiger partial charge is 0.224 e. The maximum absolute atomic E-state index is 12.2. The third kappa shape index (κ3) is 5.31. The molecular weight excluding hydrogens is 290 g/mol. The molecule has 1 amide bonds. The Morgan fingerprint density at radius 3 is 2.74 bits per heavy atom. The normalized spacial score (nSPS) is 21.3. The number of carbonyl (C=O) groups excluding carboxylic acids is 1. The summed E-state index contributed by atoms with van der Waals surface area (Å²) in [6.07, 6.45) is 10.3. The zero-order valence-electron chi connectivity index (χ0n) is 14.0. The molecule has 2 N–H and O–H groups in total. The van der Waals surface area contributed by atoms with Crippen molar-refractivity contribution in [3.05, 3.63) is 35.9 Å². The third-order valence-corrected chi connectivity index (χ3v) is 4.53. The molecule has 0 bridgehead atoms. The minimum absolute atomic E-state index is 0.0367. The molecule has 1 aromatic carbocycles. The number of rotatable bonds is 6. The molecule has 0 saturated heterocycles. The molecule has 0 aromatic heterocycles. The Hall–Kier alpha value is -1.97. The highest BCUT2D eigenvalue weighted by Gasteiger charge is 2.21. The van der Waals surface area contributed by atoms with Crippen molar-refractivity contribution in [1.82, 2.24) is 5.32 Å². The van der Waals surface area contributed by atoms with Crippen LogP contribution in [-0.4, -0.2) is 24.2 Å². The minimum Gasteiger partial charge on any atom is -0.504 e. The van der Waals surface area contributed by atoms with Gasteiger partial charge in [-0.25, -0.2) is 0 Å². The van der Waals surface area contributed by atoms with Gasteiger partial charge in [-0.3, -0.25) is 4.79 Å². The van der Waals surface area contributed by atoms with Crippen LogP contribution in [0, 0.1) is 5.92 Å². The van der Waals surface area contributed by atoms with Crippen molar-refractivity contribution in [2.24, 2.45) is 5.92 Å². The Labute approximate surface area is 138 Å². The van der Waals surface area contributed by atoms with Crippen LogP contribution in [-0.2, 0) is 11.2 Å². The van der Waals surface area contributed by atoms with Crippen LogP contribution in [0.2, 0.25) is 0 Å². The fourth-order valence-corrected chi connectivity index (χ4v) is 3.17. The quantitative estimate of drug-likeness (QED) is 0.788. The van der Waals surface area contributed by atoms with Crippen LogP contribution in [0.4, 0.5) is 0 Å². The van der Waals surface area contributed by atoms with E-state index < -0.39 is 0 Å². The molecule has 23 heavy (non-hydrogen) atoms. The highest BCUT2D eigenvalue weighted by Crippen LogP contribution is 2.28. The van der Waals surface area contributed by atoms with Crippen molar-refractivity contribution in [3.8, 4) is 11.5 Å². The Kier molecular flexibility index (Phi) is 6.51. The Bertz CT molecular complexity index is 546. The zero-order chi connectivity index (χ0) is 16.7. The largest absolute Gasteiger partial charge is 0.504 e. The number of phenols is 1. The van der Waals surface area contributed by atoms with E-state index in [1.54, 1.807) is 18.2 Å². The van der Waals surface area contributed by atoms with E-state index in [4.69, 9.17) is 4.74 Å². The van der Waals surface area contributed by atoms with Gasteiger partial charge in [-0.1, -0.05) is 18.2 Å². The molecule has 0 aliphatic heterocycles. The number of allylic oxidation sites excluding steroid dienone is 2. The minimum atomic E-state index is 0.0367. The van der Waals surface area contributed by atoms with Crippen LogP contribution in [0.15, 0.2) is 30.4 Å². The molecule has 1 saturated carbocycles. The summed E-state index contributed by atoms with van der Waals surface area (Å²) >= 11 is 0. The summed E-state index contributed by atoms with van der Waals surface area (Å²) in [5.74, 6) is 1.30. The van der Waals surface area contributed by atoms with E-state index >= 15 is 0 Å². The number of hydrogen-bond donors (Lipinski definition) is 2. The van der Waals surface area contributed by atoms with E-state index in [1.165, 1.54) is 20.0 Å². The van der Waals surface area contributed by atoms with Gasteiger partial charge in [0, 0.05) is 6.04 Å². The van der Waals surface area contributed by atoms with E-state index in [0.29, 0.717) is 18.2 Å². The Morgan fingerprint density at radius 1 is 1.35 bits per heavy atom. The average Bonchev–Trinajstić information content (AvgIpc) is 2.56. The van der Waals surface area contributed by atoms with Crippen LogP contribution >= 0.6 is 0 Å². The van der Waals surface area contributed by atoms with E-state index in [9.17, 15) is 9.90 Å². The molecule has 1 aliphatic rings. The SMILES string of the molecule is C/C=C\C[C@H]1CC[C@H](NC(=O)Cc2ccc(O)c(OC)c2)CC1. The molecule has 1 aliphatic carbocycles. The predicted molar refractivity (Wildman–Crippen MR) is 91.7 cm³/mol. The van der Waals surface area contributed by atoms with Gasteiger partial charge in [0.1, 0.15) is 0 Å². The first kappa shape index (κ1) is 17.4. The Morgan fingerprint density at radius 2 is 2.09 bits per heavy atom. The summed E-state index contributed by atoms with van der Waals surface area (Å²) < 4.78 is 5.07. The number of methoxy groups -OCH3 is 1. The molecule has 0 spiro atoms. The molecule has 0 atom stereocenters. The lowest BCUT2D eigenvalue weighted by Crippen LogP contribution is -2.38. The number of phenolic OH excluding ortho intramolecular Hbond substituents is 1. The summed E-state index contributed by atoms with van der Waals surface area (Å²) in [4.78, 5) is 12.2. The predicted octanol–water partition coefficient (Wildman–Crippen LogP) is 3.58. The second kappa shape index (κ2) is 8.61. The zero-order valence-corrected chi connectivity index (χ0v) is 14.0. The van der Waals surface area contributed by atoms with Crippen molar-refractivity contribution in [2.45, 2.75) is 51.5 Å². The lowest BCUT2D eigenvalue weighted by atomic mass is 9.84. The van der Waals surface area contributed by atoms with Gasteiger partial charge < -0.3 is 15.2 Å². The first-order chi connectivity index (χ1) is 11.1. The highest BCUT2D eigenvalue weighted by atomic mass is 16.5. The van der Waals surface area contributed by atoms with Gasteiger partial charge in [0.15, 0.2) is 11.5 Å². The molecule has 2 rings (SSSR count). The summed E-state index contributed by atoms with van der Waals surface area (Å²) in [7, 11) is 1.51. The number of hydrogen-bond acceptors (Lipinski definition) is 3. The van der Waals surface area contributed by atoms with Gasteiger partial charge in [-0.15, -0.1) is 0 Å².